The number of amides is 1. The highest BCUT2D eigenvalue weighted by Crippen LogP contribution is 2.19. The van der Waals surface area contributed by atoms with E-state index in [9.17, 15) is 4.79 Å². The van der Waals surface area contributed by atoms with Crippen LogP contribution in [0.2, 0.25) is 0 Å². The van der Waals surface area contributed by atoms with Crippen molar-refractivity contribution >= 4 is 18.5 Å². The molecule has 23 heavy (non-hydrogen) atoms. The van der Waals surface area contributed by atoms with Crippen molar-refractivity contribution in [3.63, 3.8) is 0 Å². The molecule has 2 rings (SSSR count). The number of hydrogen-bond donors (Lipinski definition) is 2. The van der Waals surface area contributed by atoms with Gasteiger partial charge in [-0.1, -0.05) is 19.1 Å². The molecule has 2 atom stereocenters. The highest BCUT2D eigenvalue weighted by atomic mass is 32.1. The van der Waals surface area contributed by atoms with E-state index in [0.29, 0.717) is 11.8 Å². The number of rotatable bonds is 5. The van der Waals surface area contributed by atoms with Crippen molar-refractivity contribution in [2.75, 3.05) is 31.9 Å². The summed E-state index contributed by atoms with van der Waals surface area (Å²) in [6.07, 6.45) is 1.02. The summed E-state index contributed by atoms with van der Waals surface area (Å²) >= 11 is 4.28. The van der Waals surface area contributed by atoms with Gasteiger partial charge in [0.05, 0.1) is 0 Å². The van der Waals surface area contributed by atoms with Gasteiger partial charge in [0.1, 0.15) is 0 Å². The molecular weight excluding hydrogens is 306 g/mol. The maximum absolute atomic E-state index is 12.9. The lowest BCUT2D eigenvalue weighted by Gasteiger charge is -2.42. The Morgan fingerprint density at radius 2 is 2.13 bits per heavy atom. The molecule has 5 heteroatoms. The molecule has 1 aromatic rings. The maximum atomic E-state index is 12.9. The number of benzene rings is 1. The maximum Gasteiger partial charge on any atom is 0.254 e. The second-order valence-electron chi connectivity index (χ2n) is 6.50. The molecule has 128 valence electrons. The SMILES string of the molecule is CC[C@H]1CN(C(=O)c2cccc(C)c2C)CCN1C[C@@H](N)CS. The van der Waals surface area contributed by atoms with Crippen molar-refractivity contribution in [3.05, 3.63) is 34.9 Å². The van der Waals surface area contributed by atoms with Crippen molar-refractivity contribution in [1.29, 1.82) is 0 Å². The first kappa shape index (κ1) is 18.3. The van der Waals surface area contributed by atoms with Crippen LogP contribution in [-0.4, -0.2) is 59.7 Å². The van der Waals surface area contributed by atoms with Crippen molar-refractivity contribution in [2.45, 2.75) is 39.3 Å². The first-order valence-corrected chi connectivity index (χ1v) is 9.07. The summed E-state index contributed by atoms with van der Waals surface area (Å²) in [5.74, 6) is 0.848. The average molecular weight is 336 g/mol. The van der Waals surface area contributed by atoms with Crippen LogP contribution < -0.4 is 5.73 Å². The zero-order valence-electron chi connectivity index (χ0n) is 14.5. The Morgan fingerprint density at radius 1 is 1.39 bits per heavy atom. The van der Waals surface area contributed by atoms with Gasteiger partial charge < -0.3 is 10.6 Å². The van der Waals surface area contributed by atoms with Gasteiger partial charge >= 0.3 is 0 Å². The van der Waals surface area contributed by atoms with Crippen LogP contribution in [0, 0.1) is 13.8 Å². The number of carbonyl (C=O) groups excluding carboxylic acids is 1. The lowest BCUT2D eigenvalue weighted by molar-refractivity contribution is 0.0463. The van der Waals surface area contributed by atoms with Gasteiger partial charge in [-0.2, -0.15) is 12.6 Å². The van der Waals surface area contributed by atoms with Crippen molar-refractivity contribution < 1.29 is 4.79 Å². The molecule has 1 saturated heterocycles. The molecule has 1 aliphatic heterocycles. The molecule has 1 heterocycles. The molecule has 1 amide bonds. The fraction of sp³-hybridized carbons (Fsp3) is 0.611. The first-order chi connectivity index (χ1) is 11.0. The molecule has 4 nitrogen and oxygen atoms in total. The van der Waals surface area contributed by atoms with Crippen LogP contribution in [0.3, 0.4) is 0 Å². The van der Waals surface area contributed by atoms with Crippen LogP contribution >= 0.6 is 12.6 Å². The number of hydrogen-bond acceptors (Lipinski definition) is 4. The summed E-state index contributed by atoms with van der Waals surface area (Å²) in [6, 6.07) is 6.43. The van der Waals surface area contributed by atoms with Gasteiger partial charge in [-0.25, -0.2) is 0 Å². The third kappa shape index (κ3) is 4.28. The monoisotopic (exact) mass is 335 g/mol. The summed E-state index contributed by atoms with van der Waals surface area (Å²) in [6.45, 7) is 9.55. The molecule has 1 aliphatic rings. The molecule has 0 aliphatic carbocycles. The summed E-state index contributed by atoms with van der Waals surface area (Å²) in [5, 5.41) is 0. The highest BCUT2D eigenvalue weighted by molar-refractivity contribution is 7.80. The minimum atomic E-state index is 0.0913. The second kappa shape index (κ2) is 8.18. The second-order valence-corrected chi connectivity index (χ2v) is 6.86. The molecule has 1 fully saturated rings. The van der Waals surface area contributed by atoms with E-state index in [1.54, 1.807) is 0 Å². The van der Waals surface area contributed by atoms with E-state index in [4.69, 9.17) is 5.73 Å². The molecule has 0 radical (unpaired) electrons. The topological polar surface area (TPSA) is 49.6 Å². The largest absolute Gasteiger partial charge is 0.336 e. The summed E-state index contributed by atoms with van der Waals surface area (Å²) < 4.78 is 0. The first-order valence-electron chi connectivity index (χ1n) is 8.43. The van der Waals surface area contributed by atoms with Gasteiger partial charge in [0.25, 0.3) is 5.91 Å². The van der Waals surface area contributed by atoms with E-state index < -0.39 is 0 Å². The van der Waals surface area contributed by atoms with Crippen molar-refractivity contribution in [3.8, 4) is 0 Å². The quantitative estimate of drug-likeness (QED) is 0.810. The van der Waals surface area contributed by atoms with Crippen LogP contribution in [0.15, 0.2) is 18.2 Å². The normalized spacial score (nSPS) is 20.6. The van der Waals surface area contributed by atoms with Gasteiger partial charge in [0.2, 0.25) is 0 Å². The van der Waals surface area contributed by atoms with E-state index in [-0.39, 0.29) is 11.9 Å². The fourth-order valence-corrected chi connectivity index (χ4v) is 3.33. The Bertz CT molecular complexity index is 549. The predicted octanol–water partition coefficient (Wildman–Crippen LogP) is 2.10. The predicted molar refractivity (Wildman–Crippen MR) is 99.3 cm³/mol. The highest BCUT2D eigenvalue weighted by Gasteiger charge is 2.30. The Hall–Kier alpha value is -1.04. The molecule has 2 N–H and O–H groups in total. The minimum absolute atomic E-state index is 0.0913. The van der Waals surface area contributed by atoms with E-state index in [1.807, 2.05) is 24.0 Å². The minimum Gasteiger partial charge on any atom is -0.336 e. The molecule has 0 unspecified atom stereocenters. The molecule has 0 bridgehead atoms. The number of piperazine rings is 1. The molecule has 0 aromatic heterocycles. The van der Waals surface area contributed by atoms with Crippen LogP contribution in [0.4, 0.5) is 0 Å². The smallest absolute Gasteiger partial charge is 0.254 e. The van der Waals surface area contributed by atoms with Crippen LogP contribution in [0.5, 0.6) is 0 Å². The van der Waals surface area contributed by atoms with Crippen molar-refractivity contribution in [2.24, 2.45) is 5.73 Å². The van der Waals surface area contributed by atoms with Gasteiger partial charge in [-0.3, -0.25) is 9.69 Å². The zero-order valence-corrected chi connectivity index (χ0v) is 15.4. The van der Waals surface area contributed by atoms with Gasteiger partial charge in [-0.15, -0.1) is 0 Å². The average Bonchev–Trinajstić information content (AvgIpc) is 2.57. The lowest BCUT2D eigenvalue weighted by Crippen LogP contribution is -2.57. The number of aryl methyl sites for hydroxylation is 1. The molecule has 0 saturated carbocycles. The fourth-order valence-electron chi connectivity index (χ4n) is 3.22. The van der Waals surface area contributed by atoms with E-state index in [1.165, 1.54) is 5.56 Å². The number of nitrogens with two attached hydrogens (primary N) is 1. The number of thiol groups is 1. The van der Waals surface area contributed by atoms with Crippen molar-refractivity contribution in [1.82, 2.24) is 9.80 Å². The molecule has 1 aromatic carbocycles. The molecular formula is C18H29N3OS. The standard InChI is InChI=1S/C18H29N3OS/c1-4-16-11-21(9-8-20(16)10-15(19)12-23)18(22)17-7-5-6-13(2)14(17)3/h5-7,15-16,23H,4,8-12,19H2,1-3H3/t15-,16+/m1/s1. The summed E-state index contributed by atoms with van der Waals surface area (Å²) in [5.41, 5.74) is 9.13. The van der Waals surface area contributed by atoms with Gasteiger partial charge in [0.15, 0.2) is 0 Å². The van der Waals surface area contributed by atoms with E-state index in [2.05, 4.69) is 37.4 Å². The van der Waals surface area contributed by atoms with Gasteiger partial charge in [0, 0.05) is 49.6 Å². The Balaban J connectivity index is 2.08. The van der Waals surface area contributed by atoms with Crippen LogP contribution in [-0.2, 0) is 0 Å². The zero-order chi connectivity index (χ0) is 17.0. The lowest BCUT2D eigenvalue weighted by atomic mass is 10.0. The third-order valence-electron chi connectivity index (χ3n) is 4.90. The summed E-state index contributed by atoms with van der Waals surface area (Å²) in [4.78, 5) is 17.3. The Kier molecular flexibility index (Phi) is 6.50. The number of carbonyl (C=O) groups is 1. The Labute approximate surface area is 145 Å². The summed E-state index contributed by atoms with van der Waals surface area (Å²) in [7, 11) is 0. The third-order valence-corrected chi connectivity index (χ3v) is 5.37. The molecule has 0 spiro atoms. The Morgan fingerprint density at radius 3 is 2.78 bits per heavy atom. The van der Waals surface area contributed by atoms with E-state index in [0.717, 1.165) is 43.7 Å². The van der Waals surface area contributed by atoms with Gasteiger partial charge in [-0.05, 0) is 37.5 Å². The van der Waals surface area contributed by atoms with Crippen LogP contribution in [0.25, 0.3) is 0 Å². The van der Waals surface area contributed by atoms with E-state index >= 15 is 0 Å². The number of nitrogens with zero attached hydrogens (tertiary/aromatic N) is 2. The van der Waals surface area contributed by atoms with Crippen LogP contribution in [0.1, 0.15) is 34.8 Å².